The number of ether oxygens (including phenoxy) is 1. The van der Waals surface area contributed by atoms with Gasteiger partial charge in [0.2, 0.25) is 0 Å². The summed E-state index contributed by atoms with van der Waals surface area (Å²) < 4.78 is 7.52. The second-order valence-corrected chi connectivity index (χ2v) is 6.86. The number of hydrogen-bond acceptors (Lipinski definition) is 4. The molecule has 1 atom stereocenters. The summed E-state index contributed by atoms with van der Waals surface area (Å²) >= 11 is 0. The molecule has 2 aromatic heterocycles. The lowest BCUT2D eigenvalue weighted by Crippen LogP contribution is -2.18. The summed E-state index contributed by atoms with van der Waals surface area (Å²) in [7, 11) is 0. The van der Waals surface area contributed by atoms with Crippen LogP contribution in [0.4, 0.5) is 5.69 Å². The van der Waals surface area contributed by atoms with Crippen LogP contribution in [0.25, 0.3) is 32.9 Å². The summed E-state index contributed by atoms with van der Waals surface area (Å²) in [6.07, 6.45) is 6.45. The Morgan fingerprint density at radius 1 is 1.22 bits per heavy atom. The molecule has 0 saturated carbocycles. The fraction of sp³-hybridized carbons (Fsp3) is 0.250. The van der Waals surface area contributed by atoms with Gasteiger partial charge >= 0.3 is 0 Å². The van der Waals surface area contributed by atoms with Crippen molar-refractivity contribution in [3.8, 4) is 11.1 Å². The summed E-state index contributed by atoms with van der Waals surface area (Å²) in [6.45, 7) is 0.698. The fourth-order valence-corrected chi connectivity index (χ4v) is 3.85. The molecule has 1 unspecified atom stereocenters. The maximum atomic E-state index is 11.7. The summed E-state index contributed by atoms with van der Waals surface area (Å²) in [6, 6.07) is 11.4. The van der Waals surface area contributed by atoms with Gasteiger partial charge in [-0.3, -0.25) is 10.1 Å². The molecule has 1 N–H and O–H groups in total. The molecule has 0 spiro atoms. The second-order valence-electron chi connectivity index (χ2n) is 6.86. The van der Waals surface area contributed by atoms with Crippen LogP contribution in [0.15, 0.2) is 48.8 Å². The Labute approximate surface area is 154 Å². The van der Waals surface area contributed by atoms with Crippen LogP contribution < -0.4 is 0 Å². The Kier molecular flexibility index (Phi) is 3.68. The van der Waals surface area contributed by atoms with E-state index in [2.05, 4.69) is 10.1 Å². The number of hydrogen-bond donors (Lipinski definition) is 1. The summed E-state index contributed by atoms with van der Waals surface area (Å²) in [5.41, 5.74) is 3.41. The SMILES string of the molecule is O=[N+]([O-])c1cc(-c2cccc3[nH]ccc23)cc2nn(C3CCCCO3)cc12. The highest BCUT2D eigenvalue weighted by Gasteiger charge is 2.22. The number of nitrogens with zero attached hydrogens (tertiary/aromatic N) is 3. The van der Waals surface area contributed by atoms with Gasteiger partial charge in [0.1, 0.15) is 6.23 Å². The highest BCUT2D eigenvalue weighted by atomic mass is 16.6. The number of rotatable bonds is 3. The van der Waals surface area contributed by atoms with Crippen LogP contribution in [0.3, 0.4) is 0 Å². The van der Waals surface area contributed by atoms with Crippen molar-refractivity contribution in [2.75, 3.05) is 6.61 Å². The molecule has 136 valence electrons. The third-order valence-corrected chi connectivity index (χ3v) is 5.17. The lowest BCUT2D eigenvalue weighted by molar-refractivity contribution is -0.383. The number of fused-ring (bicyclic) bond motifs is 2. The van der Waals surface area contributed by atoms with E-state index in [0.717, 1.165) is 41.3 Å². The average molecular weight is 362 g/mol. The molecule has 2 aromatic carbocycles. The van der Waals surface area contributed by atoms with Gasteiger partial charge in [0.05, 0.1) is 15.8 Å². The molecule has 7 nitrogen and oxygen atoms in total. The zero-order chi connectivity index (χ0) is 18.4. The summed E-state index contributed by atoms with van der Waals surface area (Å²) in [5, 5.41) is 17.9. The highest BCUT2D eigenvalue weighted by Crippen LogP contribution is 2.36. The first-order chi connectivity index (χ1) is 13.2. The van der Waals surface area contributed by atoms with Crippen molar-refractivity contribution in [2.24, 2.45) is 0 Å². The smallest absolute Gasteiger partial charge is 0.281 e. The van der Waals surface area contributed by atoms with Crippen LogP contribution in [0.1, 0.15) is 25.5 Å². The lowest BCUT2D eigenvalue weighted by Gasteiger charge is -2.22. The van der Waals surface area contributed by atoms with Crippen LogP contribution in [-0.2, 0) is 4.74 Å². The zero-order valence-corrected chi connectivity index (χ0v) is 14.6. The van der Waals surface area contributed by atoms with Gasteiger partial charge in [0.25, 0.3) is 5.69 Å². The van der Waals surface area contributed by atoms with E-state index in [1.807, 2.05) is 36.5 Å². The topological polar surface area (TPSA) is 86.0 Å². The molecule has 0 aliphatic carbocycles. The van der Waals surface area contributed by atoms with Crippen LogP contribution in [0, 0.1) is 10.1 Å². The molecule has 7 heteroatoms. The summed E-state index contributed by atoms with van der Waals surface area (Å²) in [5.74, 6) is 0. The number of nitro groups is 1. The van der Waals surface area contributed by atoms with Crippen molar-refractivity contribution < 1.29 is 9.66 Å². The highest BCUT2D eigenvalue weighted by molar-refractivity contribution is 5.99. The largest absolute Gasteiger partial charge is 0.361 e. The first-order valence-electron chi connectivity index (χ1n) is 9.06. The number of nitrogens with one attached hydrogen (secondary N) is 1. The van der Waals surface area contributed by atoms with Gasteiger partial charge in [-0.2, -0.15) is 5.10 Å². The van der Waals surface area contributed by atoms with Gasteiger partial charge < -0.3 is 9.72 Å². The van der Waals surface area contributed by atoms with E-state index in [0.29, 0.717) is 17.5 Å². The maximum Gasteiger partial charge on any atom is 0.281 e. The number of nitro benzene ring substituents is 1. The summed E-state index contributed by atoms with van der Waals surface area (Å²) in [4.78, 5) is 14.6. The first kappa shape index (κ1) is 16.0. The van der Waals surface area contributed by atoms with E-state index in [1.165, 1.54) is 0 Å². The van der Waals surface area contributed by atoms with Crippen molar-refractivity contribution >= 4 is 27.5 Å². The molecular weight excluding hydrogens is 344 g/mol. The van der Waals surface area contributed by atoms with E-state index in [-0.39, 0.29) is 16.8 Å². The number of aromatic nitrogens is 3. The van der Waals surface area contributed by atoms with Crippen molar-refractivity contribution in [1.29, 1.82) is 0 Å². The van der Waals surface area contributed by atoms with Gasteiger partial charge in [0, 0.05) is 36.0 Å². The third-order valence-electron chi connectivity index (χ3n) is 5.17. The van der Waals surface area contributed by atoms with Crippen LogP contribution in [0.5, 0.6) is 0 Å². The minimum atomic E-state index is -0.336. The Hall–Kier alpha value is -3.19. The normalized spacial score (nSPS) is 17.6. The van der Waals surface area contributed by atoms with Gasteiger partial charge in [-0.05, 0) is 48.6 Å². The molecule has 0 radical (unpaired) electrons. The Morgan fingerprint density at radius 3 is 2.96 bits per heavy atom. The number of H-pyrrole nitrogens is 1. The fourth-order valence-electron chi connectivity index (χ4n) is 3.85. The molecule has 3 heterocycles. The second kappa shape index (κ2) is 6.21. The van der Waals surface area contributed by atoms with Gasteiger partial charge in [0.15, 0.2) is 0 Å². The Balaban J connectivity index is 1.70. The standard InChI is InChI=1S/C20H18N4O3/c25-24(26)19-11-13(14-4-3-5-17-15(14)7-8-21-17)10-18-16(19)12-23(22-18)20-6-1-2-9-27-20/h3-5,7-8,10-12,20-21H,1-2,6,9H2. The zero-order valence-electron chi connectivity index (χ0n) is 14.6. The molecule has 4 aromatic rings. The Morgan fingerprint density at radius 2 is 2.15 bits per heavy atom. The lowest BCUT2D eigenvalue weighted by atomic mass is 10.00. The molecule has 1 aliphatic heterocycles. The molecule has 1 fully saturated rings. The van der Waals surface area contributed by atoms with Crippen molar-refractivity contribution in [1.82, 2.24) is 14.8 Å². The quantitative estimate of drug-likeness (QED) is 0.419. The van der Waals surface area contributed by atoms with Gasteiger partial charge in [-0.15, -0.1) is 0 Å². The molecule has 5 rings (SSSR count). The molecule has 0 amide bonds. The van der Waals surface area contributed by atoms with Gasteiger partial charge in [-0.1, -0.05) is 12.1 Å². The maximum absolute atomic E-state index is 11.7. The predicted molar refractivity (Wildman–Crippen MR) is 103 cm³/mol. The van der Waals surface area contributed by atoms with Crippen LogP contribution >= 0.6 is 0 Å². The van der Waals surface area contributed by atoms with Crippen LogP contribution in [0.2, 0.25) is 0 Å². The van der Waals surface area contributed by atoms with Crippen molar-refractivity contribution in [3.05, 3.63) is 58.9 Å². The monoisotopic (exact) mass is 362 g/mol. The van der Waals surface area contributed by atoms with E-state index >= 15 is 0 Å². The molecule has 1 saturated heterocycles. The average Bonchev–Trinajstić information content (AvgIpc) is 3.34. The number of non-ortho nitro benzene ring substituents is 1. The van der Waals surface area contributed by atoms with Gasteiger partial charge in [-0.25, -0.2) is 4.68 Å². The third kappa shape index (κ3) is 2.67. The minimum absolute atomic E-state index is 0.0668. The van der Waals surface area contributed by atoms with E-state index < -0.39 is 0 Å². The first-order valence-corrected chi connectivity index (χ1v) is 9.06. The Bertz CT molecular complexity index is 1150. The molecule has 0 bridgehead atoms. The van der Waals surface area contributed by atoms with Crippen molar-refractivity contribution in [3.63, 3.8) is 0 Å². The van der Waals surface area contributed by atoms with E-state index in [9.17, 15) is 10.1 Å². The molecule has 27 heavy (non-hydrogen) atoms. The molecular formula is C20H18N4O3. The predicted octanol–water partition coefficient (Wildman–Crippen LogP) is 4.79. The van der Waals surface area contributed by atoms with E-state index in [1.54, 1.807) is 16.9 Å². The van der Waals surface area contributed by atoms with E-state index in [4.69, 9.17) is 4.74 Å². The molecule has 1 aliphatic rings. The van der Waals surface area contributed by atoms with Crippen LogP contribution in [-0.4, -0.2) is 26.3 Å². The van der Waals surface area contributed by atoms with Crippen molar-refractivity contribution in [2.45, 2.75) is 25.5 Å². The number of benzene rings is 2. The minimum Gasteiger partial charge on any atom is -0.361 e. The number of aromatic amines is 1.